The lowest BCUT2D eigenvalue weighted by Gasteiger charge is -2.19. The van der Waals surface area contributed by atoms with Gasteiger partial charge >= 0.3 is 0 Å². The molecule has 3 nitrogen and oxygen atoms in total. The Morgan fingerprint density at radius 3 is 2.62 bits per heavy atom. The summed E-state index contributed by atoms with van der Waals surface area (Å²) in [7, 11) is 0. The maximum Gasteiger partial charge on any atom is 0.129 e. The first kappa shape index (κ1) is 18.1. The van der Waals surface area contributed by atoms with Crippen molar-refractivity contribution in [1.29, 1.82) is 0 Å². The Labute approximate surface area is 127 Å². The van der Waals surface area contributed by atoms with Crippen LogP contribution in [0.5, 0.6) is 0 Å². The number of benzene rings is 1. The molecule has 0 amide bonds. The lowest BCUT2D eigenvalue weighted by atomic mass is 10.1. The highest BCUT2D eigenvalue weighted by molar-refractivity contribution is 5.20. The molecule has 21 heavy (non-hydrogen) atoms. The molecule has 0 fully saturated rings. The maximum absolute atomic E-state index is 13.9. The normalized spacial score (nSPS) is 12.5. The topological polar surface area (TPSA) is 30.5 Å². The molecule has 0 aliphatic rings. The second-order valence-corrected chi connectivity index (χ2v) is 5.05. The van der Waals surface area contributed by atoms with Crippen LogP contribution in [0.25, 0.3) is 0 Å². The summed E-state index contributed by atoms with van der Waals surface area (Å²) in [5.41, 5.74) is 0.606. The highest BCUT2D eigenvalue weighted by atomic mass is 19.1. The minimum Gasteiger partial charge on any atom is -0.379 e. The van der Waals surface area contributed by atoms with Crippen molar-refractivity contribution >= 4 is 0 Å². The van der Waals surface area contributed by atoms with E-state index in [-0.39, 0.29) is 11.9 Å². The third-order valence-corrected chi connectivity index (χ3v) is 3.20. The first-order valence-corrected chi connectivity index (χ1v) is 7.94. The van der Waals surface area contributed by atoms with Crippen molar-refractivity contribution in [2.45, 2.75) is 39.2 Å². The molecule has 0 heterocycles. The molecular formula is C17H28FNO2. The Balaban J connectivity index is 2.43. The van der Waals surface area contributed by atoms with Crippen LogP contribution in [0, 0.1) is 5.82 Å². The van der Waals surface area contributed by atoms with Crippen molar-refractivity contribution in [1.82, 2.24) is 5.32 Å². The summed E-state index contributed by atoms with van der Waals surface area (Å²) in [6, 6.07) is 6.80. The van der Waals surface area contributed by atoms with E-state index in [0.29, 0.717) is 25.3 Å². The van der Waals surface area contributed by atoms with Gasteiger partial charge in [-0.3, -0.25) is 0 Å². The monoisotopic (exact) mass is 297 g/mol. The number of hydrogen-bond acceptors (Lipinski definition) is 3. The van der Waals surface area contributed by atoms with Crippen molar-refractivity contribution in [2.75, 3.05) is 32.9 Å². The SMILES string of the molecule is CCCCOCCOC(CNCCC)c1ccccc1F. The first-order valence-electron chi connectivity index (χ1n) is 7.94. The van der Waals surface area contributed by atoms with Gasteiger partial charge in [0.05, 0.1) is 19.3 Å². The molecule has 1 rings (SSSR count). The van der Waals surface area contributed by atoms with Crippen molar-refractivity contribution in [3.05, 3.63) is 35.6 Å². The average molecular weight is 297 g/mol. The minimum absolute atomic E-state index is 0.215. The number of hydrogen-bond donors (Lipinski definition) is 1. The Morgan fingerprint density at radius 2 is 1.90 bits per heavy atom. The summed E-state index contributed by atoms with van der Waals surface area (Å²) in [6.07, 6.45) is 2.96. The largest absolute Gasteiger partial charge is 0.379 e. The van der Waals surface area contributed by atoms with Crippen LogP contribution in [-0.2, 0) is 9.47 Å². The third-order valence-electron chi connectivity index (χ3n) is 3.20. The molecule has 1 aromatic rings. The van der Waals surface area contributed by atoms with E-state index in [1.807, 2.05) is 6.07 Å². The van der Waals surface area contributed by atoms with Crippen LogP contribution < -0.4 is 5.32 Å². The summed E-state index contributed by atoms with van der Waals surface area (Å²) >= 11 is 0. The van der Waals surface area contributed by atoms with E-state index in [1.54, 1.807) is 12.1 Å². The molecule has 1 unspecified atom stereocenters. The van der Waals surface area contributed by atoms with Gasteiger partial charge in [0.15, 0.2) is 0 Å². The zero-order valence-electron chi connectivity index (χ0n) is 13.2. The van der Waals surface area contributed by atoms with E-state index < -0.39 is 0 Å². The summed E-state index contributed by atoms with van der Waals surface area (Å²) in [4.78, 5) is 0. The molecule has 0 spiro atoms. The second-order valence-electron chi connectivity index (χ2n) is 5.05. The van der Waals surface area contributed by atoms with Crippen LogP contribution in [0.15, 0.2) is 24.3 Å². The van der Waals surface area contributed by atoms with Gasteiger partial charge in [-0.2, -0.15) is 0 Å². The molecule has 0 aliphatic heterocycles. The highest BCUT2D eigenvalue weighted by Crippen LogP contribution is 2.19. The summed E-state index contributed by atoms with van der Waals surface area (Å²) < 4.78 is 25.2. The Bertz CT molecular complexity index is 374. The summed E-state index contributed by atoms with van der Waals surface area (Å²) in [6.45, 7) is 7.56. The average Bonchev–Trinajstić information content (AvgIpc) is 2.50. The summed E-state index contributed by atoms with van der Waals surface area (Å²) in [5, 5.41) is 3.29. The smallest absolute Gasteiger partial charge is 0.129 e. The number of ether oxygens (including phenoxy) is 2. The van der Waals surface area contributed by atoms with E-state index in [9.17, 15) is 4.39 Å². The molecule has 0 aromatic heterocycles. The molecule has 0 radical (unpaired) electrons. The van der Waals surface area contributed by atoms with Crippen LogP contribution in [-0.4, -0.2) is 32.9 Å². The highest BCUT2D eigenvalue weighted by Gasteiger charge is 2.15. The Kier molecular flexibility index (Phi) is 10.0. The molecule has 0 saturated carbocycles. The van der Waals surface area contributed by atoms with Gasteiger partial charge in [0.25, 0.3) is 0 Å². The molecule has 4 heteroatoms. The number of unbranched alkanes of at least 4 members (excludes halogenated alkanes) is 1. The van der Waals surface area contributed by atoms with Crippen molar-refractivity contribution in [2.24, 2.45) is 0 Å². The van der Waals surface area contributed by atoms with E-state index in [1.165, 1.54) is 6.07 Å². The number of nitrogens with one attached hydrogen (secondary N) is 1. The molecule has 0 bridgehead atoms. The fourth-order valence-corrected chi connectivity index (χ4v) is 2.00. The van der Waals surface area contributed by atoms with Gasteiger partial charge in [-0.05, 0) is 25.5 Å². The molecule has 1 atom stereocenters. The van der Waals surface area contributed by atoms with Gasteiger partial charge in [0.1, 0.15) is 5.82 Å². The summed E-state index contributed by atoms with van der Waals surface area (Å²) in [5.74, 6) is -0.215. The molecule has 1 N–H and O–H groups in total. The van der Waals surface area contributed by atoms with E-state index >= 15 is 0 Å². The standard InChI is InChI=1S/C17H28FNO2/c1-3-5-11-20-12-13-21-17(14-19-10-4-2)15-8-6-7-9-16(15)18/h6-9,17,19H,3-5,10-14H2,1-2H3. The van der Waals surface area contributed by atoms with Crippen molar-refractivity contribution in [3.8, 4) is 0 Å². The first-order chi connectivity index (χ1) is 10.3. The van der Waals surface area contributed by atoms with Gasteiger partial charge in [0, 0.05) is 18.7 Å². The number of rotatable bonds is 12. The Morgan fingerprint density at radius 1 is 1.10 bits per heavy atom. The van der Waals surface area contributed by atoms with E-state index in [4.69, 9.17) is 9.47 Å². The minimum atomic E-state index is -0.271. The molecular weight excluding hydrogens is 269 g/mol. The molecule has 120 valence electrons. The number of halogens is 1. The van der Waals surface area contributed by atoms with Gasteiger partial charge in [0.2, 0.25) is 0 Å². The van der Waals surface area contributed by atoms with Crippen LogP contribution in [0.4, 0.5) is 4.39 Å². The third kappa shape index (κ3) is 7.55. The van der Waals surface area contributed by atoms with Gasteiger partial charge in [-0.15, -0.1) is 0 Å². The fourth-order valence-electron chi connectivity index (χ4n) is 2.00. The lowest BCUT2D eigenvalue weighted by Crippen LogP contribution is -2.25. The Hall–Kier alpha value is -0.970. The maximum atomic E-state index is 13.9. The predicted octanol–water partition coefficient (Wildman–Crippen LogP) is 3.70. The second kappa shape index (κ2) is 11.7. The zero-order valence-corrected chi connectivity index (χ0v) is 13.2. The van der Waals surface area contributed by atoms with Gasteiger partial charge in [-0.25, -0.2) is 4.39 Å². The molecule has 1 aromatic carbocycles. The quantitative estimate of drug-likeness (QED) is 0.597. The predicted molar refractivity (Wildman–Crippen MR) is 84.0 cm³/mol. The molecule has 0 saturated heterocycles. The van der Waals surface area contributed by atoms with Crippen LogP contribution in [0.1, 0.15) is 44.8 Å². The van der Waals surface area contributed by atoms with Gasteiger partial charge in [-0.1, -0.05) is 38.5 Å². The van der Waals surface area contributed by atoms with E-state index in [0.717, 1.165) is 32.4 Å². The van der Waals surface area contributed by atoms with E-state index in [2.05, 4.69) is 19.2 Å². The van der Waals surface area contributed by atoms with Crippen LogP contribution in [0.2, 0.25) is 0 Å². The van der Waals surface area contributed by atoms with Crippen LogP contribution in [0.3, 0.4) is 0 Å². The molecule has 0 aliphatic carbocycles. The van der Waals surface area contributed by atoms with Gasteiger partial charge < -0.3 is 14.8 Å². The fraction of sp³-hybridized carbons (Fsp3) is 0.647. The van der Waals surface area contributed by atoms with Crippen LogP contribution >= 0.6 is 0 Å². The lowest BCUT2D eigenvalue weighted by molar-refractivity contribution is 0.00233. The van der Waals surface area contributed by atoms with Crippen molar-refractivity contribution in [3.63, 3.8) is 0 Å². The van der Waals surface area contributed by atoms with Crippen molar-refractivity contribution < 1.29 is 13.9 Å². The zero-order chi connectivity index (χ0) is 15.3.